The molecule has 0 aliphatic rings. The van der Waals surface area contributed by atoms with Crippen LogP contribution in [0.1, 0.15) is 128 Å². The molecule has 0 saturated heterocycles. The highest BCUT2D eigenvalue weighted by Crippen LogP contribution is 2.35. The summed E-state index contributed by atoms with van der Waals surface area (Å²) in [6, 6.07) is 15.9. The number of rotatable bonds is 16. The third-order valence-corrected chi connectivity index (χ3v) is 8.09. The number of aldehydes is 2. The topological polar surface area (TPSA) is 74.6 Å². The molecule has 4 heteroatoms. The van der Waals surface area contributed by atoms with Gasteiger partial charge in [0.1, 0.15) is 11.5 Å². The summed E-state index contributed by atoms with van der Waals surface area (Å²) in [4.78, 5) is 22.7. The Morgan fingerprint density at radius 2 is 1.05 bits per heavy atom. The standard InChI is InChI=1S/C37H48O4/c1-27-21-28(22-31(25-38)35(27)40)15-13-11-9-7-5-6-8-10-12-14-16-29-23-32(26-39)36(41)34(24-29)30-17-19-33(20-18-30)37(2,3)4/h17-26,40-41H,5-16H2,1-4H3. The first-order valence-electron chi connectivity index (χ1n) is 15.3. The van der Waals surface area contributed by atoms with Gasteiger partial charge < -0.3 is 10.2 Å². The van der Waals surface area contributed by atoms with Gasteiger partial charge >= 0.3 is 0 Å². The van der Waals surface area contributed by atoms with Crippen molar-refractivity contribution in [1.82, 2.24) is 0 Å². The van der Waals surface area contributed by atoms with Crippen molar-refractivity contribution < 1.29 is 19.8 Å². The molecule has 0 radical (unpaired) electrons. The number of phenols is 2. The van der Waals surface area contributed by atoms with Gasteiger partial charge in [-0.3, -0.25) is 9.59 Å². The van der Waals surface area contributed by atoms with Crippen molar-refractivity contribution in [3.63, 3.8) is 0 Å². The van der Waals surface area contributed by atoms with Crippen LogP contribution in [-0.2, 0) is 18.3 Å². The van der Waals surface area contributed by atoms with Gasteiger partial charge in [0.2, 0.25) is 0 Å². The van der Waals surface area contributed by atoms with Crippen LogP contribution in [-0.4, -0.2) is 22.8 Å². The molecule has 0 aromatic heterocycles. The Labute approximate surface area is 246 Å². The summed E-state index contributed by atoms with van der Waals surface area (Å²) in [7, 11) is 0. The zero-order chi connectivity index (χ0) is 29.8. The van der Waals surface area contributed by atoms with E-state index in [1.807, 2.05) is 43.3 Å². The van der Waals surface area contributed by atoms with Crippen LogP contribution >= 0.6 is 0 Å². The molecule has 0 fully saturated rings. The van der Waals surface area contributed by atoms with Crippen LogP contribution in [0, 0.1) is 6.92 Å². The van der Waals surface area contributed by atoms with E-state index in [0.29, 0.717) is 11.1 Å². The first-order valence-corrected chi connectivity index (χ1v) is 15.3. The molecular formula is C37H48O4. The first kappa shape index (κ1) is 32.1. The molecule has 3 rings (SSSR count). The highest BCUT2D eigenvalue weighted by Gasteiger charge is 2.15. The number of benzene rings is 3. The lowest BCUT2D eigenvalue weighted by atomic mass is 9.86. The zero-order valence-electron chi connectivity index (χ0n) is 25.5. The lowest BCUT2D eigenvalue weighted by Gasteiger charge is -2.19. The van der Waals surface area contributed by atoms with E-state index < -0.39 is 0 Å². The van der Waals surface area contributed by atoms with Crippen LogP contribution in [0.4, 0.5) is 0 Å². The van der Waals surface area contributed by atoms with Gasteiger partial charge in [-0.2, -0.15) is 0 Å². The molecule has 3 aromatic carbocycles. The monoisotopic (exact) mass is 556 g/mol. The van der Waals surface area contributed by atoms with Crippen LogP contribution in [0.3, 0.4) is 0 Å². The third kappa shape index (κ3) is 9.59. The van der Waals surface area contributed by atoms with E-state index >= 15 is 0 Å². The minimum atomic E-state index is 0.0646. The van der Waals surface area contributed by atoms with E-state index in [-0.39, 0.29) is 16.9 Å². The highest BCUT2D eigenvalue weighted by molar-refractivity contribution is 5.86. The van der Waals surface area contributed by atoms with Gasteiger partial charge in [0, 0.05) is 5.56 Å². The van der Waals surface area contributed by atoms with E-state index in [2.05, 4.69) is 32.9 Å². The number of phenolic OH excluding ortho intramolecular Hbond substituents is 2. The fourth-order valence-corrected chi connectivity index (χ4v) is 5.51. The fourth-order valence-electron chi connectivity index (χ4n) is 5.51. The predicted octanol–water partition coefficient (Wildman–Crippen LogP) is 9.68. The molecule has 0 bridgehead atoms. The second-order valence-corrected chi connectivity index (χ2v) is 12.5. The average molecular weight is 557 g/mol. The fraction of sp³-hybridized carbons (Fsp3) is 0.459. The molecule has 0 aliphatic carbocycles. The molecule has 0 spiro atoms. The molecule has 0 heterocycles. The van der Waals surface area contributed by atoms with Gasteiger partial charge in [-0.05, 0) is 84.0 Å². The second-order valence-electron chi connectivity index (χ2n) is 12.5. The van der Waals surface area contributed by atoms with E-state index in [0.717, 1.165) is 66.1 Å². The lowest BCUT2D eigenvalue weighted by molar-refractivity contribution is 0.111. The summed E-state index contributed by atoms with van der Waals surface area (Å²) in [5.41, 5.74) is 6.72. The summed E-state index contributed by atoms with van der Waals surface area (Å²) >= 11 is 0. The summed E-state index contributed by atoms with van der Waals surface area (Å²) in [5, 5.41) is 20.6. The van der Waals surface area contributed by atoms with Crippen LogP contribution in [0.25, 0.3) is 11.1 Å². The molecule has 0 aliphatic heterocycles. The van der Waals surface area contributed by atoms with Crippen molar-refractivity contribution in [3.8, 4) is 22.6 Å². The molecule has 0 atom stereocenters. The molecule has 3 aromatic rings. The average Bonchev–Trinajstić information content (AvgIpc) is 2.95. The number of aryl methyl sites for hydroxylation is 3. The van der Waals surface area contributed by atoms with Crippen molar-refractivity contribution in [2.24, 2.45) is 0 Å². The molecule has 41 heavy (non-hydrogen) atoms. The van der Waals surface area contributed by atoms with Crippen molar-refractivity contribution in [2.75, 3.05) is 0 Å². The number of carbonyl (C=O) groups excluding carboxylic acids is 2. The minimum absolute atomic E-state index is 0.0646. The van der Waals surface area contributed by atoms with E-state index in [1.165, 1.54) is 56.9 Å². The first-order chi connectivity index (χ1) is 19.6. The summed E-state index contributed by atoms with van der Waals surface area (Å²) in [6.45, 7) is 8.38. The molecule has 0 unspecified atom stereocenters. The van der Waals surface area contributed by atoms with Crippen LogP contribution < -0.4 is 0 Å². The molecule has 2 N–H and O–H groups in total. The van der Waals surface area contributed by atoms with Gasteiger partial charge in [-0.1, -0.05) is 102 Å². The maximum Gasteiger partial charge on any atom is 0.153 e. The number of unbranched alkanes of at least 4 members (excludes halogenated alkanes) is 9. The highest BCUT2D eigenvalue weighted by atomic mass is 16.3. The van der Waals surface area contributed by atoms with Crippen LogP contribution in [0.5, 0.6) is 11.5 Å². The van der Waals surface area contributed by atoms with Crippen molar-refractivity contribution in [3.05, 3.63) is 81.9 Å². The maximum absolute atomic E-state index is 11.6. The van der Waals surface area contributed by atoms with Crippen LogP contribution in [0.15, 0.2) is 48.5 Å². The van der Waals surface area contributed by atoms with Gasteiger partial charge in [0.05, 0.1) is 11.1 Å². The van der Waals surface area contributed by atoms with Gasteiger partial charge in [-0.15, -0.1) is 0 Å². The Balaban J connectivity index is 1.33. The Bertz CT molecular complexity index is 1280. The smallest absolute Gasteiger partial charge is 0.153 e. The van der Waals surface area contributed by atoms with Crippen molar-refractivity contribution in [1.29, 1.82) is 0 Å². The van der Waals surface area contributed by atoms with Crippen molar-refractivity contribution in [2.45, 2.75) is 110 Å². The largest absolute Gasteiger partial charge is 0.507 e. The van der Waals surface area contributed by atoms with Crippen LogP contribution in [0.2, 0.25) is 0 Å². The van der Waals surface area contributed by atoms with Gasteiger partial charge in [-0.25, -0.2) is 0 Å². The second kappa shape index (κ2) is 15.6. The predicted molar refractivity (Wildman–Crippen MR) is 169 cm³/mol. The summed E-state index contributed by atoms with van der Waals surface area (Å²) in [6.07, 6.45) is 15.4. The number of hydrogen-bond donors (Lipinski definition) is 2. The number of hydrogen-bond acceptors (Lipinski definition) is 4. The Morgan fingerprint density at radius 1 is 0.610 bits per heavy atom. The van der Waals surface area contributed by atoms with Gasteiger partial charge in [0.25, 0.3) is 0 Å². The zero-order valence-corrected chi connectivity index (χ0v) is 25.5. The van der Waals surface area contributed by atoms with E-state index in [9.17, 15) is 19.8 Å². The Morgan fingerprint density at radius 3 is 1.51 bits per heavy atom. The Hall–Kier alpha value is -3.40. The molecular weight excluding hydrogens is 508 g/mol. The molecule has 0 saturated carbocycles. The van der Waals surface area contributed by atoms with Crippen molar-refractivity contribution >= 4 is 12.6 Å². The normalized spacial score (nSPS) is 11.5. The molecule has 0 amide bonds. The minimum Gasteiger partial charge on any atom is -0.507 e. The maximum atomic E-state index is 11.6. The van der Waals surface area contributed by atoms with E-state index in [4.69, 9.17) is 0 Å². The summed E-state index contributed by atoms with van der Waals surface area (Å²) in [5.74, 6) is 0.165. The van der Waals surface area contributed by atoms with E-state index in [1.54, 1.807) is 0 Å². The van der Waals surface area contributed by atoms with Gasteiger partial charge in [0.15, 0.2) is 12.6 Å². The molecule has 220 valence electrons. The Kier molecular flexibility index (Phi) is 12.2. The number of carbonyl (C=O) groups is 2. The third-order valence-electron chi connectivity index (χ3n) is 8.09. The number of aromatic hydroxyl groups is 2. The quantitative estimate of drug-likeness (QED) is 0.136. The molecule has 4 nitrogen and oxygen atoms in total. The summed E-state index contributed by atoms with van der Waals surface area (Å²) < 4.78 is 0. The SMILES string of the molecule is Cc1cc(CCCCCCCCCCCCc2cc(C=O)c(O)c(-c3ccc(C(C)(C)C)cc3)c2)cc(C=O)c1O. The lowest BCUT2D eigenvalue weighted by Crippen LogP contribution is -2.10.